The van der Waals surface area contributed by atoms with Crippen molar-refractivity contribution in [2.75, 3.05) is 0 Å². The van der Waals surface area contributed by atoms with E-state index in [2.05, 4.69) is 0 Å². The van der Waals surface area contributed by atoms with Crippen molar-refractivity contribution in [2.45, 2.75) is 0 Å². The van der Waals surface area contributed by atoms with Crippen molar-refractivity contribution in [2.24, 2.45) is 0 Å². The van der Waals surface area contributed by atoms with Crippen molar-refractivity contribution >= 4 is 47.8 Å². The first-order chi connectivity index (χ1) is 0. The third kappa shape index (κ3) is 213. The average molecular weight is 827 g/mol. The summed E-state index contributed by atoms with van der Waals surface area (Å²) in [6.45, 7) is 0. The third-order valence-corrected chi connectivity index (χ3v) is 0. The smallest absolute Gasteiger partial charge is 2.00 e. The molecule has 0 unspecified atom stereocenters. The second kappa shape index (κ2) is 239. The Balaban J connectivity index is 0. The minimum atomic E-state index is 0. The van der Waals surface area contributed by atoms with Crippen molar-refractivity contribution in [3.63, 3.8) is 0 Å². The Kier molecular flexibility index (Phi) is 4450. The average Bonchev–Trinajstić information content (AvgIpc) is 0. The molecule has 0 bridgehead atoms. The summed E-state index contributed by atoms with van der Waals surface area (Å²) in [6.07, 6.45) is 0. The zero-order valence-corrected chi connectivity index (χ0v) is 23.0. The zero-order valence-electron chi connectivity index (χ0n) is 6.80. The molecule has 0 rings (SSSR count). The molecule has 0 aliphatic rings. The van der Waals surface area contributed by atoms with Crippen molar-refractivity contribution in [1.82, 2.24) is 0 Å². The van der Waals surface area contributed by atoms with Gasteiger partial charge in [0.2, 0.25) is 0 Å². The number of hydrogen-bond acceptors (Lipinski definition) is 0. The Labute approximate surface area is 211 Å². The molecule has 0 N–H and O–H groups in total. The molecule has 0 spiro atoms. The Hall–Kier alpha value is 5.13. The summed E-state index contributed by atoms with van der Waals surface area (Å²) in [5.74, 6) is 0. The third-order valence-electron chi connectivity index (χ3n) is 0. The molecule has 82 valence electrons. The molecule has 0 atom stereocenters. The van der Waals surface area contributed by atoms with Crippen molar-refractivity contribution < 1.29 is 168 Å². The van der Waals surface area contributed by atoms with Crippen LogP contribution in [0.3, 0.4) is 0 Å². The number of hydrogen-bond donors (Lipinski definition) is 0. The van der Waals surface area contributed by atoms with Crippen LogP contribution >= 0.6 is 0 Å². The maximum Gasteiger partial charge on any atom is 4.00 e. The largest absolute Gasteiger partial charge is 4.00 e. The predicted molar refractivity (Wildman–Crippen MR) is 17.7 cm³/mol. The van der Waals surface area contributed by atoms with Crippen LogP contribution in [0.5, 0.6) is 0 Å². The molecule has 0 heterocycles. The van der Waals surface area contributed by atoms with E-state index in [0.29, 0.717) is 0 Å². The fourth-order valence-corrected chi connectivity index (χ4v) is 0. The quantitative estimate of drug-likeness (QED) is 0.244. The summed E-state index contributed by atoms with van der Waals surface area (Å²) < 4.78 is 0. The molecule has 0 aromatic heterocycles. The van der Waals surface area contributed by atoms with E-state index < -0.39 is 0 Å². The molecule has 0 aromatic rings. The van der Waals surface area contributed by atoms with Crippen molar-refractivity contribution in [3.05, 3.63) is 0 Å². The minimum Gasteiger partial charge on any atom is -2.00 e. The Morgan fingerprint density at radius 1 is 0.267 bits per heavy atom. The van der Waals surface area contributed by atoms with Gasteiger partial charge in [0.05, 0.1) is 0 Å². The van der Waals surface area contributed by atoms with Gasteiger partial charge in [0.1, 0.15) is 0 Å². The molecule has 0 aliphatic carbocycles. The SMILES string of the molecule is [Gd+3].[Gd+3].[O-2].[O-2].[O-2].[O-2].[O-2].[O-2].[O-2].[O-2].[O-2].[Sn+4].[Sn+4].[Zn+2].[Zn+2]. The van der Waals surface area contributed by atoms with Crippen LogP contribution in [0.4, 0.5) is 0 Å². The van der Waals surface area contributed by atoms with E-state index in [-0.39, 0.29) is 216 Å². The van der Waals surface area contributed by atoms with Crippen LogP contribution in [0.25, 0.3) is 0 Å². The van der Waals surface area contributed by atoms with E-state index in [0.717, 1.165) is 0 Å². The van der Waals surface area contributed by atoms with Crippen LogP contribution in [0.15, 0.2) is 0 Å². The number of rotatable bonds is 0. The first-order valence-corrected chi connectivity index (χ1v) is 0. The van der Waals surface area contributed by atoms with Gasteiger partial charge < -0.3 is 49.3 Å². The molecule has 2 radical (unpaired) electrons. The predicted octanol–water partition coefficient (Wildman–Crippen LogP) is -1.84. The Bertz CT molecular complexity index is 24.1. The zero-order chi connectivity index (χ0) is 0. The second-order valence-electron chi connectivity index (χ2n) is 0. The van der Waals surface area contributed by atoms with Gasteiger partial charge in [-0.1, -0.05) is 0 Å². The molecule has 0 amide bonds. The summed E-state index contributed by atoms with van der Waals surface area (Å²) in [4.78, 5) is 0. The van der Waals surface area contributed by atoms with Crippen LogP contribution in [-0.4, -0.2) is 47.8 Å². The molecule has 9 nitrogen and oxygen atoms in total. The standard InChI is InChI=1S/2Gd.9O.2Sn.2Zn/q2*+3;9*-2;2*+4;2*+2. The van der Waals surface area contributed by atoms with Crippen LogP contribution in [-0.2, 0) is 88.2 Å². The molecule has 0 fully saturated rings. The summed E-state index contributed by atoms with van der Waals surface area (Å²) >= 11 is 0. The molecule has 0 saturated carbocycles. The maximum absolute atomic E-state index is 0. The van der Waals surface area contributed by atoms with Crippen LogP contribution in [0.2, 0.25) is 0 Å². The fourth-order valence-electron chi connectivity index (χ4n) is 0. The van der Waals surface area contributed by atoms with E-state index in [1.807, 2.05) is 0 Å². The van der Waals surface area contributed by atoms with Crippen molar-refractivity contribution in [1.29, 1.82) is 0 Å². The molecule has 0 aliphatic heterocycles. The molecular formula is Gd2O9Sn2Zn2. The molecule has 15 heteroatoms. The van der Waals surface area contributed by atoms with Gasteiger partial charge in [-0.25, -0.2) is 0 Å². The molecular weight excluding hydrogens is 827 g/mol. The monoisotopic (exact) mass is 827 g/mol. The second-order valence-corrected chi connectivity index (χ2v) is 0. The van der Waals surface area contributed by atoms with E-state index in [9.17, 15) is 0 Å². The Morgan fingerprint density at radius 2 is 0.267 bits per heavy atom. The normalized spacial score (nSPS) is 0. The Morgan fingerprint density at radius 3 is 0.267 bits per heavy atom. The van der Waals surface area contributed by atoms with Gasteiger partial charge >= 0.3 is 167 Å². The van der Waals surface area contributed by atoms with Gasteiger partial charge in [0.25, 0.3) is 0 Å². The fraction of sp³-hybridized carbons (Fsp3) is 0. The van der Waals surface area contributed by atoms with Gasteiger partial charge in [-0.15, -0.1) is 0 Å². The molecule has 15 heavy (non-hydrogen) atoms. The van der Waals surface area contributed by atoms with Crippen LogP contribution in [0, 0.1) is 79.9 Å². The van der Waals surface area contributed by atoms with E-state index in [4.69, 9.17) is 0 Å². The van der Waals surface area contributed by atoms with E-state index in [1.54, 1.807) is 0 Å². The summed E-state index contributed by atoms with van der Waals surface area (Å²) in [5, 5.41) is 0. The first-order valence-electron chi connectivity index (χ1n) is 0. The van der Waals surface area contributed by atoms with Gasteiger partial charge in [0, 0.05) is 0 Å². The minimum absolute atomic E-state index is 0. The van der Waals surface area contributed by atoms with Gasteiger partial charge in [-0.05, 0) is 0 Å². The summed E-state index contributed by atoms with van der Waals surface area (Å²) in [7, 11) is 0. The molecule has 0 aromatic carbocycles. The van der Waals surface area contributed by atoms with Gasteiger partial charge in [-0.3, -0.25) is 0 Å². The van der Waals surface area contributed by atoms with Crippen molar-refractivity contribution in [3.8, 4) is 0 Å². The van der Waals surface area contributed by atoms with Crippen LogP contribution in [0.1, 0.15) is 0 Å². The summed E-state index contributed by atoms with van der Waals surface area (Å²) in [5.41, 5.74) is 0. The van der Waals surface area contributed by atoms with Gasteiger partial charge in [0.15, 0.2) is 0 Å². The topological polar surface area (TPSA) is 256 Å². The van der Waals surface area contributed by atoms with E-state index >= 15 is 0 Å². The van der Waals surface area contributed by atoms with Gasteiger partial charge in [-0.2, -0.15) is 0 Å². The van der Waals surface area contributed by atoms with Crippen LogP contribution < -0.4 is 0 Å². The first kappa shape index (κ1) is 280. The summed E-state index contributed by atoms with van der Waals surface area (Å²) in [6, 6.07) is 0. The molecule has 0 saturated heterocycles. The van der Waals surface area contributed by atoms with E-state index in [1.165, 1.54) is 0 Å². The maximum atomic E-state index is 0.